The number of aryl methyl sites for hydroxylation is 1. The lowest BCUT2D eigenvalue weighted by Crippen LogP contribution is -2.15. The van der Waals surface area contributed by atoms with Crippen LogP contribution < -0.4 is 5.69 Å². The fourth-order valence-electron chi connectivity index (χ4n) is 2.30. The van der Waals surface area contributed by atoms with Crippen LogP contribution in [0.1, 0.15) is 11.1 Å². The predicted octanol–water partition coefficient (Wildman–Crippen LogP) is 4.48. The molecule has 0 fully saturated rings. The van der Waals surface area contributed by atoms with Crippen molar-refractivity contribution in [2.75, 3.05) is 0 Å². The first-order chi connectivity index (χ1) is 11.7. The maximum atomic E-state index is 12.7. The number of benzene rings is 2. The number of nitrogens with one attached hydrogen (secondary N) is 1. The molecular formula is C17H11ClF3N3O. The molecule has 0 aliphatic rings. The van der Waals surface area contributed by atoms with Crippen LogP contribution in [0.4, 0.5) is 13.2 Å². The summed E-state index contributed by atoms with van der Waals surface area (Å²) in [5.74, 6) is 0.279. The SMILES string of the molecule is Cc1ccc(Cl)cc1-c1nc(-c2ccc(C(F)(F)F)cc2)nc(=O)[nH]1. The Bertz CT molecular complexity index is 982. The number of nitrogens with zero attached hydrogens (tertiary/aromatic N) is 2. The molecule has 0 saturated carbocycles. The second kappa shape index (κ2) is 6.33. The van der Waals surface area contributed by atoms with Crippen LogP contribution in [0.3, 0.4) is 0 Å². The molecule has 0 amide bonds. The zero-order chi connectivity index (χ0) is 18.2. The van der Waals surface area contributed by atoms with E-state index in [9.17, 15) is 18.0 Å². The van der Waals surface area contributed by atoms with Crippen molar-refractivity contribution in [1.82, 2.24) is 15.0 Å². The molecule has 4 nitrogen and oxygen atoms in total. The number of aromatic nitrogens is 3. The number of aromatic amines is 1. The Morgan fingerprint density at radius 1 is 1.04 bits per heavy atom. The molecule has 1 aromatic heterocycles. The summed E-state index contributed by atoms with van der Waals surface area (Å²) in [5.41, 5.74) is 0.309. The normalized spacial score (nSPS) is 11.6. The minimum atomic E-state index is -4.43. The topological polar surface area (TPSA) is 58.6 Å². The molecular weight excluding hydrogens is 355 g/mol. The molecule has 2 aromatic carbocycles. The highest BCUT2D eigenvalue weighted by atomic mass is 35.5. The quantitative estimate of drug-likeness (QED) is 0.728. The molecule has 8 heteroatoms. The highest BCUT2D eigenvalue weighted by molar-refractivity contribution is 6.30. The minimum Gasteiger partial charge on any atom is -0.290 e. The van der Waals surface area contributed by atoms with Crippen molar-refractivity contribution in [1.29, 1.82) is 0 Å². The van der Waals surface area contributed by atoms with Gasteiger partial charge in [0.1, 0.15) is 5.82 Å². The van der Waals surface area contributed by atoms with Crippen LogP contribution >= 0.6 is 11.6 Å². The summed E-state index contributed by atoms with van der Waals surface area (Å²) in [7, 11) is 0. The van der Waals surface area contributed by atoms with Gasteiger partial charge in [-0.25, -0.2) is 9.78 Å². The number of hydrogen-bond acceptors (Lipinski definition) is 3. The van der Waals surface area contributed by atoms with Gasteiger partial charge in [-0.3, -0.25) is 4.98 Å². The second-order valence-corrected chi connectivity index (χ2v) is 5.80. The van der Waals surface area contributed by atoms with Gasteiger partial charge in [-0.2, -0.15) is 18.2 Å². The van der Waals surface area contributed by atoms with Crippen molar-refractivity contribution in [2.45, 2.75) is 13.1 Å². The molecule has 1 N–H and O–H groups in total. The van der Waals surface area contributed by atoms with Crippen LogP contribution in [0.25, 0.3) is 22.8 Å². The Kier molecular flexibility index (Phi) is 4.34. The summed E-state index contributed by atoms with van der Waals surface area (Å²) >= 11 is 5.98. The molecule has 0 unspecified atom stereocenters. The van der Waals surface area contributed by atoms with E-state index in [1.165, 1.54) is 12.1 Å². The Morgan fingerprint density at radius 3 is 2.36 bits per heavy atom. The Labute approximate surface area is 145 Å². The third kappa shape index (κ3) is 3.71. The lowest BCUT2D eigenvalue weighted by atomic mass is 10.1. The predicted molar refractivity (Wildman–Crippen MR) is 88.3 cm³/mol. The van der Waals surface area contributed by atoms with Gasteiger partial charge in [0.25, 0.3) is 0 Å². The van der Waals surface area contributed by atoms with Gasteiger partial charge in [0.2, 0.25) is 0 Å². The minimum absolute atomic E-state index is 0.0341. The number of hydrogen-bond donors (Lipinski definition) is 1. The van der Waals surface area contributed by atoms with Crippen LogP contribution in [-0.4, -0.2) is 15.0 Å². The fraction of sp³-hybridized carbons (Fsp3) is 0.118. The van der Waals surface area contributed by atoms with Crippen LogP contribution in [0.2, 0.25) is 5.02 Å². The van der Waals surface area contributed by atoms with Crippen LogP contribution in [-0.2, 0) is 6.18 Å². The Morgan fingerprint density at radius 2 is 1.72 bits per heavy atom. The third-order valence-electron chi connectivity index (χ3n) is 3.58. The van der Waals surface area contributed by atoms with Crippen molar-refractivity contribution in [2.24, 2.45) is 0 Å². The Balaban J connectivity index is 2.08. The monoisotopic (exact) mass is 365 g/mol. The van der Waals surface area contributed by atoms with Crippen molar-refractivity contribution in [3.05, 3.63) is 69.1 Å². The lowest BCUT2D eigenvalue weighted by molar-refractivity contribution is -0.137. The van der Waals surface area contributed by atoms with Gasteiger partial charge in [-0.15, -0.1) is 0 Å². The van der Waals surface area contributed by atoms with Gasteiger partial charge < -0.3 is 0 Å². The molecule has 128 valence electrons. The van der Waals surface area contributed by atoms with Crippen LogP contribution in [0, 0.1) is 6.92 Å². The van der Waals surface area contributed by atoms with Gasteiger partial charge in [0.05, 0.1) is 5.56 Å². The first kappa shape index (κ1) is 17.2. The van der Waals surface area contributed by atoms with Gasteiger partial charge in [0, 0.05) is 16.1 Å². The van der Waals surface area contributed by atoms with Crippen molar-refractivity contribution in [3.63, 3.8) is 0 Å². The van der Waals surface area contributed by atoms with E-state index in [0.717, 1.165) is 17.7 Å². The molecule has 1 heterocycles. The average molecular weight is 366 g/mol. The van der Waals surface area contributed by atoms with E-state index in [-0.39, 0.29) is 11.6 Å². The summed E-state index contributed by atoms with van der Waals surface area (Å²) in [6.45, 7) is 1.82. The number of alkyl halides is 3. The van der Waals surface area contributed by atoms with E-state index in [1.807, 2.05) is 6.92 Å². The Hall–Kier alpha value is -2.67. The molecule has 0 aliphatic heterocycles. The van der Waals surface area contributed by atoms with E-state index >= 15 is 0 Å². The molecule has 25 heavy (non-hydrogen) atoms. The van der Waals surface area contributed by atoms with E-state index in [1.54, 1.807) is 18.2 Å². The average Bonchev–Trinajstić information content (AvgIpc) is 2.56. The highest BCUT2D eigenvalue weighted by Gasteiger charge is 2.30. The van der Waals surface area contributed by atoms with Crippen LogP contribution in [0.5, 0.6) is 0 Å². The number of rotatable bonds is 2. The second-order valence-electron chi connectivity index (χ2n) is 5.36. The lowest BCUT2D eigenvalue weighted by Gasteiger charge is -2.09. The van der Waals surface area contributed by atoms with E-state index in [2.05, 4.69) is 15.0 Å². The molecule has 0 aliphatic carbocycles. The molecule has 3 aromatic rings. The van der Waals surface area contributed by atoms with Gasteiger partial charge in [0.15, 0.2) is 5.82 Å². The molecule has 0 saturated heterocycles. The zero-order valence-electron chi connectivity index (χ0n) is 12.9. The maximum Gasteiger partial charge on any atom is 0.416 e. The summed E-state index contributed by atoms with van der Waals surface area (Å²) in [6, 6.07) is 9.42. The molecule has 0 radical (unpaired) electrons. The van der Waals surface area contributed by atoms with E-state index < -0.39 is 17.4 Å². The van der Waals surface area contributed by atoms with Crippen molar-refractivity contribution >= 4 is 11.6 Å². The molecule has 0 spiro atoms. The summed E-state index contributed by atoms with van der Waals surface area (Å²) in [4.78, 5) is 22.4. The zero-order valence-corrected chi connectivity index (χ0v) is 13.6. The fourth-order valence-corrected chi connectivity index (χ4v) is 2.47. The number of H-pyrrole nitrogens is 1. The van der Waals surface area contributed by atoms with Crippen LogP contribution in [0.15, 0.2) is 47.3 Å². The molecule has 3 rings (SSSR count). The van der Waals surface area contributed by atoms with Gasteiger partial charge in [-0.1, -0.05) is 29.8 Å². The first-order valence-electron chi connectivity index (χ1n) is 7.16. The summed E-state index contributed by atoms with van der Waals surface area (Å²) in [6.07, 6.45) is -4.43. The molecule has 0 atom stereocenters. The van der Waals surface area contributed by atoms with E-state index in [4.69, 9.17) is 11.6 Å². The van der Waals surface area contributed by atoms with Gasteiger partial charge in [-0.05, 0) is 36.8 Å². The van der Waals surface area contributed by atoms with Crippen molar-refractivity contribution < 1.29 is 13.2 Å². The number of halogens is 4. The van der Waals surface area contributed by atoms with Gasteiger partial charge >= 0.3 is 11.9 Å². The van der Waals surface area contributed by atoms with Crippen molar-refractivity contribution in [3.8, 4) is 22.8 Å². The largest absolute Gasteiger partial charge is 0.416 e. The summed E-state index contributed by atoms with van der Waals surface area (Å²) in [5, 5.41) is 0.469. The molecule has 0 bridgehead atoms. The highest BCUT2D eigenvalue weighted by Crippen LogP contribution is 2.30. The third-order valence-corrected chi connectivity index (χ3v) is 3.81. The smallest absolute Gasteiger partial charge is 0.290 e. The maximum absolute atomic E-state index is 12.7. The first-order valence-corrected chi connectivity index (χ1v) is 7.54. The van der Waals surface area contributed by atoms with E-state index in [0.29, 0.717) is 16.1 Å². The summed E-state index contributed by atoms with van der Waals surface area (Å²) < 4.78 is 38.0. The standard InChI is InChI=1S/C17H11ClF3N3O/c1-9-2-7-12(18)8-13(9)15-22-14(23-16(25)24-15)10-3-5-11(6-4-10)17(19,20)21/h2-8H,1H3,(H,22,23,24,25).